The molecule has 0 spiro atoms. The van der Waals surface area contributed by atoms with Gasteiger partial charge in [0.05, 0.1) is 11.7 Å². The van der Waals surface area contributed by atoms with Crippen molar-refractivity contribution >= 4 is 27.3 Å². The van der Waals surface area contributed by atoms with Gasteiger partial charge in [-0.15, -0.1) is 0 Å². The lowest BCUT2D eigenvalue weighted by Crippen LogP contribution is -1.94. The lowest BCUT2D eigenvalue weighted by molar-refractivity contribution is 1.23. The number of hydrogen-bond acceptors (Lipinski definition) is 2. The average Bonchev–Trinajstić information content (AvgIpc) is 3.53. The van der Waals surface area contributed by atoms with Crippen molar-refractivity contribution in [1.82, 2.24) is 14.4 Å². The van der Waals surface area contributed by atoms with Crippen LogP contribution in [0.4, 0.5) is 0 Å². The summed E-state index contributed by atoms with van der Waals surface area (Å²) in [5, 5.41) is 3.80. The van der Waals surface area contributed by atoms with E-state index in [0.717, 1.165) is 24.0 Å². The molecule has 31 heavy (non-hydrogen) atoms. The predicted octanol–water partition coefficient (Wildman–Crippen LogP) is 6.18. The molecule has 2 aliphatic rings. The fourth-order valence-electron chi connectivity index (χ4n) is 5.98. The molecule has 8 rings (SSSR count). The van der Waals surface area contributed by atoms with Crippen LogP contribution in [0.3, 0.4) is 0 Å². The van der Waals surface area contributed by atoms with Crippen molar-refractivity contribution in [2.75, 3.05) is 0 Å². The van der Waals surface area contributed by atoms with Crippen LogP contribution in [0.15, 0.2) is 79.4 Å². The molecule has 0 saturated carbocycles. The van der Waals surface area contributed by atoms with Gasteiger partial charge in [-0.1, -0.05) is 42.5 Å². The Balaban J connectivity index is 1.50. The monoisotopic (exact) mass is 395 g/mol. The van der Waals surface area contributed by atoms with E-state index in [2.05, 4.69) is 64.0 Å². The third kappa shape index (κ3) is 1.85. The first-order valence-corrected chi connectivity index (χ1v) is 10.8. The normalized spacial score (nSPS) is 13.5. The molecule has 3 aromatic heterocycles. The number of benzene rings is 3. The molecule has 3 heteroatoms. The minimum Gasteiger partial charge on any atom is -0.298 e. The molecule has 3 heterocycles. The molecule has 0 N–H and O–H groups in total. The van der Waals surface area contributed by atoms with E-state index in [1.165, 1.54) is 60.7 Å². The maximum atomic E-state index is 4.69. The second-order valence-electron chi connectivity index (χ2n) is 8.66. The molecule has 0 fully saturated rings. The molecule has 6 aromatic rings. The summed E-state index contributed by atoms with van der Waals surface area (Å²) in [5.41, 5.74) is 13.6. The summed E-state index contributed by atoms with van der Waals surface area (Å²) in [6, 6.07) is 20.3. The summed E-state index contributed by atoms with van der Waals surface area (Å²) in [4.78, 5) is 9.10. The molecular formula is C28H17N3. The number of imidazole rings is 1. The SMILES string of the molecule is c1ccc2c(c1)Cc1c-2ccc2c1-c1ccc3c(c1C2)c1ccncc1n1ccnc31. The van der Waals surface area contributed by atoms with Crippen LogP contribution in [0.25, 0.3) is 49.6 Å². The molecule has 3 aromatic carbocycles. The van der Waals surface area contributed by atoms with E-state index in [4.69, 9.17) is 4.98 Å². The Labute approximate surface area is 178 Å². The Kier molecular flexibility index (Phi) is 2.74. The fraction of sp³-hybridized carbons (Fsp3) is 0.0714. The van der Waals surface area contributed by atoms with E-state index < -0.39 is 0 Å². The summed E-state index contributed by atoms with van der Waals surface area (Å²) in [5.74, 6) is 0. The quantitative estimate of drug-likeness (QED) is 0.287. The second-order valence-corrected chi connectivity index (χ2v) is 8.66. The highest BCUT2D eigenvalue weighted by Gasteiger charge is 2.29. The largest absolute Gasteiger partial charge is 0.298 e. The van der Waals surface area contributed by atoms with Gasteiger partial charge in [0.25, 0.3) is 0 Å². The van der Waals surface area contributed by atoms with E-state index in [9.17, 15) is 0 Å². The van der Waals surface area contributed by atoms with Gasteiger partial charge < -0.3 is 0 Å². The van der Waals surface area contributed by atoms with Gasteiger partial charge in [-0.2, -0.15) is 0 Å². The Morgan fingerprint density at radius 1 is 0.710 bits per heavy atom. The van der Waals surface area contributed by atoms with E-state index in [1.54, 1.807) is 0 Å². The fourth-order valence-corrected chi connectivity index (χ4v) is 5.98. The first kappa shape index (κ1) is 15.8. The maximum absolute atomic E-state index is 4.69. The lowest BCUT2D eigenvalue weighted by Gasteiger charge is -2.13. The number of pyridine rings is 2. The van der Waals surface area contributed by atoms with Crippen LogP contribution in [0.1, 0.15) is 22.3 Å². The van der Waals surface area contributed by atoms with Crippen LogP contribution in [0.5, 0.6) is 0 Å². The highest BCUT2D eigenvalue weighted by molar-refractivity contribution is 6.15. The van der Waals surface area contributed by atoms with Crippen LogP contribution in [0.2, 0.25) is 0 Å². The number of rotatable bonds is 0. The Bertz CT molecular complexity index is 1740. The average molecular weight is 395 g/mol. The summed E-state index contributed by atoms with van der Waals surface area (Å²) >= 11 is 0. The number of nitrogens with zero attached hydrogens (tertiary/aromatic N) is 3. The van der Waals surface area contributed by atoms with Gasteiger partial charge >= 0.3 is 0 Å². The molecule has 144 valence electrons. The standard InChI is InChI=1S/C28H17N3/c1-2-4-18-16(3-1)13-23-19(18)6-5-17-14-24-20(26(17)23)7-8-22-27(24)21-9-10-29-15-25(21)31-12-11-30-28(22)31/h1-12,15H,13-14H2. The molecular weight excluding hydrogens is 378 g/mol. The van der Waals surface area contributed by atoms with Gasteiger partial charge in [-0.3, -0.25) is 9.38 Å². The minimum atomic E-state index is 0.972. The van der Waals surface area contributed by atoms with Crippen LogP contribution >= 0.6 is 0 Å². The first-order valence-electron chi connectivity index (χ1n) is 10.8. The van der Waals surface area contributed by atoms with Crippen LogP contribution in [0, 0.1) is 0 Å². The number of hydrogen-bond donors (Lipinski definition) is 0. The van der Waals surface area contributed by atoms with E-state index in [0.29, 0.717) is 0 Å². The first-order chi connectivity index (χ1) is 15.4. The Morgan fingerprint density at radius 2 is 1.61 bits per heavy atom. The van der Waals surface area contributed by atoms with Gasteiger partial charge in [0, 0.05) is 29.4 Å². The lowest BCUT2D eigenvalue weighted by atomic mass is 9.93. The summed E-state index contributed by atoms with van der Waals surface area (Å²) in [6.45, 7) is 0. The molecule has 3 nitrogen and oxygen atoms in total. The minimum absolute atomic E-state index is 0.972. The van der Waals surface area contributed by atoms with Gasteiger partial charge in [0.1, 0.15) is 5.65 Å². The van der Waals surface area contributed by atoms with Crippen molar-refractivity contribution in [2.45, 2.75) is 12.8 Å². The van der Waals surface area contributed by atoms with Gasteiger partial charge in [-0.05, 0) is 74.9 Å². The molecule has 0 saturated heterocycles. The summed E-state index contributed by atoms with van der Waals surface area (Å²) in [6.07, 6.45) is 9.77. The van der Waals surface area contributed by atoms with Crippen molar-refractivity contribution in [3.8, 4) is 22.3 Å². The maximum Gasteiger partial charge on any atom is 0.145 e. The predicted molar refractivity (Wildman–Crippen MR) is 124 cm³/mol. The van der Waals surface area contributed by atoms with Gasteiger partial charge in [-0.25, -0.2) is 4.98 Å². The zero-order chi connectivity index (χ0) is 20.1. The number of aromatic nitrogens is 3. The molecule has 2 aliphatic carbocycles. The summed E-state index contributed by atoms with van der Waals surface area (Å²) < 4.78 is 2.16. The van der Waals surface area contributed by atoms with Crippen LogP contribution < -0.4 is 0 Å². The third-order valence-electron chi connectivity index (χ3n) is 7.23. The van der Waals surface area contributed by atoms with Crippen LogP contribution in [-0.4, -0.2) is 14.4 Å². The Morgan fingerprint density at radius 3 is 2.61 bits per heavy atom. The molecule has 0 radical (unpaired) electrons. The highest BCUT2D eigenvalue weighted by Crippen LogP contribution is 2.49. The number of fused-ring (bicyclic) bond motifs is 14. The zero-order valence-electron chi connectivity index (χ0n) is 16.8. The van der Waals surface area contributed by atoms with Crippen molar-refractivity contribution in [1.29, 1.82) is 0 Å². The highest BCUT2D eigenvalue weighted by atomic mass is 15.0. The van der Waals surface area contributed by atoms with Gasteiger partial charge in [0.2, 0.25) is 0 Å². The zero-order valence-corrected chi connectivity index (χ0v) is 16.8. The van der Waals surface area contributed by atoms with Gasteiger partial charge in [0.15, 0.2) is 0 Å². The molecule has 0 atom stereocenters. The van der Waals surface area contributed by atoms with E-state index in [1.807, 2.05) is 24.8 Å². The molecule has 0 aliphatic heterocycles. The van der Waals surface area contributed by atoms with Crippen molar-refractivity contribution in [3.63, 3.8) is 0 Å². The topological polar surface area (TPSA) is 30.2 Å². The van der Waals surface area contributed by atoms with Crippen molar-refractivity contribution in [3.05, 3.63) is 102 Å². The van der Waals surface area contributed by atoms with Crippen LogP contribution in [-0.2, 0) is 12.8 Å². The van der Waals surface area contributed by atoms with E-state index in [-0.39, 0.29) is 0 Å². The molecule has 0 unspecified atom stereocenters. The van der Waals surface area contributed by atoms with Crippen molar-refractivity contribution < 1.29 is 0 Å². The van der Waals surface area contributed by atoms with E-state index >= 15 is 0 Å². The summed E-state index contributed by atoms with van der Waals surface area (Å²) in [7, 11) is 0. The molecule has 0 bridgehead atoms. The Hall–Kier alpha value is -3.98. The smallest absolute Gasteiger partial charge is 0.145 e. The third-order valence-corrected chi connectivity index (χ3v) is 7.23. The second kappa shape index (κ2) is 5.38. The van der Waals surface area contributed by atoms with Crippen molar-refractivity contribution in [2.24, 2.45) is 0 Å². The molecule has 0 amide bonds.